The SMILES string of the molecule is N#CCCN(c1ccccc1)c1ncnc(Cl)c1CCl. The molecular weight excluding hydrogens is 295 g/mol. The zero-order valence-electron chi connectivity index (χ0n) is 10.6. The monoisotopic (exact) mass is 306 g/mol. The van der Waals surface area contributed by atoms with E-state index in [0.29, 0.717) is 29.5 Å². The second-order valence-electron chi connectivity index (χ2n) is 4.00. The van der Waals surface area contributed by atoms with Crippen molar-refractivity contribution in [3.8, 4) is 6.07 Å². The van der Waals surface area contributed by atoms with Crippen LogP contribution in [-0.2, 0) is 5.88 Å². The minimum absolute atomic E-state index is 0.213. The molecule has 102 valence electrons. The molecule has 0 aliphatic heterocycles. The number of hydrogen-bond acceptors (Lipinski definition) is 4. The highest BCUT2D eigenvalue weighted by Crippen LogP contribution is 2.30. The molecule has 1 aromatic heterocycles. The number of benzene rings is 1. The van der Waals surface area contributed by atoms with E-state index < -0.39 is 0 Å². The molecule has 0 amide bonds. The molecule has 0 atom stereocenters. The number of nitrogens with zero attached hydrogens (tertiary/aromatic N) is 4. The molecule has 0 radical (unpaired) electrons. The van der Waals surface area contributed by atoms with Gasteiger partial charge in [-0.25, -0.2) is 9.97 Å². The lowest BCUT2D eigenvalue weighted by atomic mass is 10.2. The predicted octanol–water partition coefficient (Wildman–Crippen LogP) is 3.92. The first-order valence-corrected chi connectivity index (χ1v) is 6.94. The summed E-state index contributed by atoms with van der Waals surface area (Å²) in [5.41, 5.74) is 1.60. The number of nitriles is 1. The van der Waals surface area contributed by atoms with Crippen LogP contribution in [0.2, 0.25) is 5.15 Å². The number of alkyl halides is 1. The van der Waals surface area contributed by atoms with E-state index in [1.165, 1.54) is 6.33 Å². The highest BCUT2D eigenvalue weighted by atomic mass is 35.5. The Morgan fingerprint density at radius 3 is 2.60 bits per heavy atom. The van der Waals surface area contributed by atoms with Gasteiger partial charge in [0.05, 0.1) is 18.4 Å². The molecule has 0 unspecified atom stereocenters. The van der Waals surface area contributed by atoms with Crippen LogP contribution in [0.25, 0.3) is 0 Å². The van der Waals surface area contributed by atoms with Crippen molar-refractivity contribution in [3.05, 3.63) is 47.4 Å². The van der Waals surface area contributed by atoms with E-state index in [1.807, 2.05) is 35.2 Å². The molecule has 0 N–H and O–H groups in total. The summed E-state index contributed by atoms with van der Waals surface area (Å²) in [5, 5.41) is 9.16. The number of rotatable bonds is 5. The van der Waals surface area contributed by atoms with Gasteiger partial charge in [0.1, 0.15) is 17.3 Å². The average Bonchev–Trinajstić information content (AvgIpc) is 2.49. The van der Waals surface area contributed by atoms with Crippen molar-refractivity contribution >= 4 is 34.7 Å². The number of para-hydroxylation sites is 1. The zero-order valence-corrected chi connectivity index (χ0v) is 12.1. The van der Waals surface area contributed by atoms with Crippen molar-refractivity contribution in [3.63, 3.8) is 0 Å². The van der Waals surface area contributed by atoms with Crippen LogP contribution in [0.5, 0.6) is 0 Å². The van der Waals surface area contributed by atoms with Crippen molar-refractivity contribution in [2.75, 3.05) is 11.4 Å². The molecule has 6 heteroatoms. The highest BCUT2D eigenvalue weighted by Gasteiger charge is 2.17. The van der Waals surface area contributed by atoms with Gasteiger partial charge in [0, 0.05) is 17.8 Å². The summed E-state index contributed by atoms with van der Waals surface area (Å²) in [6, 6.07) is 11.8. The molecule has 4 nitrogen and oxygen atoms in total. The van der Waals surface area contributed by atoms with Gasteiger partial charge in [0.15, 0.2) is 0 Å². The molecule has 1 aromatic carbocycles. The van der Waals surface area contributed by atoms with Crippen LogP contribution in [0.3, 0.4) is 0 Å². The van der Waals surface area contributed by atoms with Crippen molar-refractivity contribution in [1.82, 2.24) is 9.97 Å². The number of hydrogen-bond donors (Lipinski definition) is 0. The Balaban J connectivity index is 2.47. The zero-order chi connectivity index (χ0) is 14.4. The van der Waals surface area contributed by atoms with Crippen LogP contribution >= 0.6 is 23.2 Å². The molecule has 2 aromatic rings. The molecule has 0 spiro atoms. The Bertz CT molecular complexity index is 610. The van der Waals surface area contributed by atoms with Crippen molar-refractivity contribution in [1.29, 1.82) is 5.26 Å². The lowest BCUT2D eigenvalue weighted by Crippen LogP contribution is -2.21. The van der Waals surface area contributed by atoms with Gasteiger partial charge in [-0.1, -0.05) is 29.8 Å². The van der Waals surface area contributed by atoms with E-state index in [1.54, 1.807) is 0 Å². The van der Waals surface area contributed by atoms with Crippen LogP contribution < -0.4 is 4.90 Å². The summed E-state index contributed by atoms with van der Waals surface area (Å²) < 4.78 is 0. The van der Waals surface area contributed by atoms with Crippen molar-refractivity contribution in [2.45, 2.75) is 12.3 Å². The first kappa shape index (κ1) is 14.6. The molecule has 0 fully saturated rings. The number of aromatic nitrogens is 2. The van der Waals surface area contributed by atoms with Gasteiger partial charge in [-0.05, 0) is 12.1 Å². The Kier molecular flexibility index (Phi) is 5.16. The lowest BCUT2D eigenvalue weighted by molar-refractivity contribution is 0.909. The number of anilines is 2. The lowest BCUT2D eigenvalue weighted by Gasteiger charge is -2.24. The van der Waals surface area contributed by atoms with Gasteiger partial charge in [0.25, 0.3) is 0 Å². The fraction of sp³-hybridized carbons (Fsp3) is 0.214. The third kappa shape index (κ3) is 3.19. The standard InChI is InChI=1S/C14H12Cl2N4/c15-9-12-13(16)18-10-19-14(12)20(8-4-7-17)11-5-2-1-3-6-11/h1-3,5-6,10H,4,8-9H2. The quantitative estimate of drug-likeness (QED) is 0.620. The second kappa shape index (κ2) is 7.09. The molecule has 0 saturated carbocycles. The van der Waals surface area contributed by atoms with Gasteiger partial charge in [-0.2, -0.15) is 5.26 Å². The van der Waals surface area contributed by atoms with Gasteiger partial charge in [-0.3, -0.25) is 0 Å². The molecule has 1 heterocycles. The number of halogens is 2. The molecule has 20 heavy (non-hydrogen) atoms. The third-order valence-corrected chi connectivity index (χ3v) is 3.37. The minimum atomic E-state index is 0.213. The fourth-order valence-corrected chi connectivity index (χ4v) is 2.37. The summed E-state index contributed by atoms with van der Waals surface area (Å²) in [6.45, 7) is 0.512. The van der Waals surface area contributed by atoms with Crippen LogP contribution in [-0.4, -0.2) is 16.5 Å². The normalized spacial score (nSPS) is 10.1. The van der Waals surface area contributed by atoms with Crippen LogP contribution in [0, 0.1) is 11.3 Å². The first-order valence-electron chi connectivity index (χ1n) is 6.02. The third-order valence-electron chi connectivity index (χ3n) is 2.77. The molecule has 2 rings (SSSR count). The largest absolute Gasteiger partial charge is 0.325 e. The van der Waals surface area contributed by atoms with Crippen LogP contribution in [0.15, 0.2) is 36.7 Å². The molecule has 0 bridgehead atoms. The Morgan fingerprint density at radius 1 is 1.20 bits per heavy atom. The summed E-state index contributed by atoms with van der Waals surface area (Å²) in [6.07, 6.45) is 1.77. The summed E-state index contributed by atoms with van der Waals surface area (Å²) in [4.78, 5) is 10.1. The molecular formula is C14H12Cl2N4. The fourth-order valence-electron chi connectivity index (χ4n) is 1.86. The first-order chi connectivity index (χ1) is 9.77. The van der Waals surface area contributed by atoms with Crippen molar-refractivity contribution < 1.29 is 0 Å². The van der Waals surface area contributed by atoms with Gasteiger partial charge in [-0.15, -0.1) is 11.6 Å². The van der Waals surface area contributed by atoms with E-state index in [2.05, 4.69) is 16.0 Å². The summed E-state index contributed by atoms with van der Waals surface area (Å²) in [7, 11) is 0. The summed E-state index contributed by atoms with van der Waals surface area (Å²) in [5.74, 6) is 0.853. The maximum absolute atomic E-state index is 8.83. The van der Waals surface area contributed by atoms with E-state index >= 15 is 0 Å². The topological polar surface area (TPSA) is 52.8 Å². The molecule has 0 aliphatic rings. The van der Waals surface area contributed by atoms with E-state index in [0.717, 1.165) is 5.69 Å². The van der Waals surface area contributed by atoms with Gasteiger partial charge < -0.3 is 4.90 Å². The Hall–Kier alpha value is -1.83. The highest BCUT2D eigenvalue weighted by molar-refractivity contribution is 6.31. The van der Waals surface area contributed by atoms with E-state index in [9.17, 15) is 0 Å². The van der Waals surface area contributed by atoms with Gasteiger partial charge in [0.2, 0.25) is 0 Å². The summed E-state index contributed by atoms with van der Waals surface area (Å²) >= 11 is 12.0. The second-order valence-corrected chi connectivity index (χ2v) is 4.62. The van der Waals surface area contributed by atoms with Crippen molar-refractivity contribution in [2.24, 2.45) is 0 Å². The van der Waals surface area contributed by atoms with E-state index in [4.69, 9.17) is 28.5 Å². The minimum Gasteiger partial charge on any atom is -0.325 e. The maximum atomic E-state index is 8.83. The predicted molar refractivity (Wildman–Crippen MR) is 80.3 cm³/mol. The average molecular weight is 307 g/mol. The van der Waals surface area contributed by atoms with Gasteiger partial charge >= 0.3 is 0 Å². The van der Waals surface area contributed by atoms with Crippen LogP contribution in [0.1, 0.15) is 12.0 Å². The maximum Gasteiger partial charge on any atom is 0.142 e. The molecule has 0 saturated heterocycles. The van der Waals surface area contributed by atoms with E-state index in [-0.39, 0.29) is 5.88 Å². The molecule has 0 aliphatic carbocycles. The smallest absolute Gasteiger partial charge is 0.142 e. The Labute approximate surface area is 127 Å². The Morgan fingerprint density at radius 2 is 1.95 bits per heavy atom. The van der Waals surface area contributed by atoms with Crippen LogP contribution in [0.4, 0.5) is 11.5 Å².